The Morgan fingerprint density at radius 1 is 1.29 bits per heavy atom. The van der Waals surface area contributed by atoms with Gasteiger partial charge in [-0.3, -0.25) is 4.90 Å². The lowest BCUT2D eigenvalue weighted by Crippen LogP contribution is -2.50. The third kappa shape index (κ3) is 3.54. The van der Waals surface area contributed by atoms with Crippen molar-refractivity contribution in [1.82, 2.24) is 4.90 Å². The number of hydrogen-bond acceptors (Lipinski definition) is 3. The minimum Gasteiger partial charge on any atom is -0.480 e. The molecule has 1 aliphatic rings. The molecule has 21 heavy (non-hydrogen) atoms. The summed E-state index contributed by atoms with van der Waals surface area (Å²) in [6.45, 7) is 7.53. The molecule has 0 saturated heterocycles. The molecule has 5 nitrogen and oxygen atoms in total. The number of carboxylic acid groups (broad SMARTS) is 1. The second kappa shape index (κ2) is 5.39. The number of fused-ring (bicyclic) bond motifs is 1. The molecular formula is C16H21NO4. The van der Waals surface area contributed by atoms with Crippen LogP contribution in [-0.4, -0.2) is 33.7 Å². The predicted octanol–water partition coefficient (Wildman–Crippen LogP) is 2.74. The van der Waals surface area contributed by atoms with Gasteiger partial charge in [-0.05, 0) is 38.8 Å². The molecule has 1 amide bonds. The fourth-order valence-corrected chi connectivity index (χ4v) is 2.44. The maximum atomic E-state index is 12.2. The van der Waals surface area contributed by atoms with Crippen molar-refractivity contribution >= 4 is 12.1 Å². The Morgan fingerprint density at radius 2 is 1.95 bits per heavy atom. The number of ether oxygens (including phenoxy) is 1. The van der Waals surface area contributed by atoms with Gasteiger partial charge in [-0.15, -0.1) is 0 Å². The zero-order chi connectivity index (χ0) is 15.8. The number of hydrogen-bond donors (Lipinski definition) is 1. The number of carbonyl (C=O) groups excluding carboxylic acids is 1. The second-order valence-electron chi connectivity index (χ2n) is 6.44. The Kier molecular flexibility index (Phi) is 3.94. The van der Waals surface area contributed by atoms with Crippen molar-refractivity contribution in [3.05, 3.63) is 34.9 Å². The Labute approximate surface area is 124 Å². The summed E-state index contributed by atoms with van der Waals surface area (Å²) in [7, 11) is 0. The minimum absolute atomic E-state index is 0.265. The van der Waals surface area contributed by atoms with Gasteiger partial charge in [-0.2, -0.15) is 0 Å². The largest absolute Gasteiger partial charge is 0.480 e. The van der Waals surface area contributed by atoms with Crippen LogP contribution in [0.4, 0.5) is 4.79 Å². The van der Waals surface area contributed by atoms with E-state index in [1.807, 2.05) is 25.1 Å². The van der Waals surface area contributed by atoms with Gasteiger partial charge in [-0.25, -0.2) is 9.59 Å². The van der Waals surface area contributed by atoms with Gasteiger partial charge in [0.1, 0.15) is 11.6 Å². The zero-order valence-electron chi connectivity index (χ0n) is 12.8. The van der Waals surface area contributed by atoms with Crippen molar-refractivity contribution in [1.29, 1.82) is 0 Å². The quantitative estimate of drug-likeness (QED) is 0.864. The highest BCUT2D eigenvalue weighted by molar-refractivity contribution is 5.81. The van der Waals surface area contributed by atoms with E-state index < -0.39 is 23.7 Å². The van der Waals surface area contributed by atoms with Crippen LogP contribution in [0.5, 0.6) is 0 Å². The number of benzene rings is 1. The molecule has 0 fully saturated rings. The van der Waals surface area contributed by atoms with Gasteiger partial charge >= 0.3 is 12.1 Å². The monoisotopic (exact) mass is 291 g/mol. The van der Waals surface area contributed by atoms with E-state index in [1.165, 1.54) is 4.90 Å². The zero-order valence-corrected chi connectivity index (χ0v) is 12.8. The fourth-order valence-electron chi connectivity index (χ4n) is 2.44. The SMILES string of the molecule is Cc1ccc2c(c1)C[C@@H](C(=O)O)N(C(=O)OC(C)(C)C)C2. The molecule has 1 atom stereocenters. The summed E-state index contributed by atoms with van der Waals surface area (Å²) in [5, 5.41) is 9.40. The first-order valence-corrected chi connectivity index (χ1v) is 6.98. The Morgan fingerprint density at radius 3 is 2.52 bits per heavy atom. The number of rotatable bonds is 1. The molecule has 1 aliphatic heterocycles. The summed E-state index contributed by atoms with van der Waals surface area (Å²) in [5.74, 6) is -1.01. The molecule has 1 heterocycles. The number of nitrogens with zero attached hydrogens (tertiary/aromatic N) is 1. The summed E-state index contributed by atoms with van der Waals surface area (Å²) in [5.41, 5.74) is 2.41. The first-order chi connectivity index (χ1) is 9.67. The van der Waals surface area contributed by atoms with Crippen molar-refractivity contribution in [3.63, 3.8) is 0 Å². The summed E-state index contributed by atoms with van der Waals surface area (Å²) in [4.78, 5) is 25.0. The fraction of sp³-hybridized carbons (Fsp3) is 0.500. The Bertz CT molecular complexity index is 574. The van der Waals surface area contributed by atoms with Crippen LogP contribution in [-0.2, 0) is 22.5 Å². The third-order valence-electron chi connectivity index (χ3n) is 3.41. The van der Waals surface area contributed by atoms with Crippen molar-refractivity contribution in [3.8, 4) is 0 Å². The van der Waals surface area contributed by atoms with E-state index in [4.69, 9.17) is 4.74 Å². The van der Waals surface area contributed by atoms with Crippen LogP contribution in [0.15, 0.2) is 18.2 Å². The second-order valence-corrected chi connectivity index (χ2v) is 6.44. The van der Waals surface area contributed by atoms with Crippen LogP contribution in [0.25, 0.3) is 0 Å². The molecule has 1 N–H and O–H groups in total. The van der Waals surface area contributed by atoms with Gasteiger partial charge < -0.3 is 9.84 Å². The normalized spacial score (nSPS) is 18.1. The summed E-state index contributed by atoms with van der Waals surface area (Å²) >= 11 is 0. The van der Waals surface area contributed by atoms with Gasteiger partial charge in [0.25, 0.3) is 0 Å². The van der Waals surface area contributed by atoms with Crippen LogP contribution < -0.4 is 0 Å². The molecule has 1 aromatic rings. The number of carboxylic acids is 1. The van der Waals surface area contributed by atoms with Crippen LogP contribution >= 0.6 is 0 Å². The van der Waals surface area contributed by atoms with E-state index in [9.17, 15) is 14.7 Å². The van der Waals surface area contributed by atoms with Crippen LogP contribution in [0, 0.1) is 6.92 Å². The topological polar surface area (TPSA) is 66.8 Å². The number of amides is 1. The van der Waals surface area contributed by atoms with Gasteiger partial charge in [0.05, 0.1) is 6.54 Å². The molecule has 1 aromatic carbocycles. The highest BCUT2D eigenvalue weighted by atomic mass is 16.6. The maximum Gasteiger partial charge on any atom is 0.411 e. The van der Waals surface area contributed by atoms with Crippen molar-refractivity contribution in [2.75, 3.05) is 0 Å². The van der Waals surface area contributed by atoms with E-state index >= 15 is 0 Å². The molecule has 0 radical (unpaired) electrons. The van der Waals surface area contributed by atoms with E-state index in [2.05, 4.69) is 0 Å². The summed E-state index contributed by atoms with van der Waals surface area (Å²) in [6, 6.07) is 5.01. The Balaban J connectivity index is 2.30. The van der Waals surface area contributed by atoms with E-state index in [0.29, 0.717) is 6.42 Å². The molecule has 0 bridgehead atoms. The van der Waals surface area contributed by atoms with E-state index in [1.54, 1.807) is 20.8 Å². The third-order valence-corrected chi connectivity index (χ3v) is 3.41. The van der Waals surface area contributed by atoms with Crippen molar-refractivity contribution < 1.29 is 19.4 Å². The first-order valence-electron chi connectivity index (χ1n) is 6.98. The van der Waals surface area contributed by atoms with E-state index in [-0.39, 0.29) is 6.54 Å². The molecule has 0 spiro atoms. The van der Waals surface area contributed by atoms with Gasteiger partial charge in [-0.1, -0.05) is 23.8 Å². The van der Waals surface area contributed by atoms with Gasteiger partial charge in [0, 0.05) is 6.42 Å². The summed E-state index contributed by atoms with van der Waals surface area (Å²) < 4.78 is 5.32. The number of aryl methyl sites for hydroxylation is 1. The van der Waals surface area contributed by atoms with Gasteiger partial charge in [0.15, 0.2) is 0 Å². The van der Waals surface area contributed by atoms with Gasteiger partial charge in [0.2, 0.25) is 0 Å². The molecular weight excluding hydrogens is 270 g/mol. The number of carbonyl (C=O) groups is 2. The molecule has 0 aromatic heterocycles. The lowest BCUT2D eigenvalue weighted by Gasteiger charge is -2.35. The smallest absolute Gasteiger partial charge is 0.411 e. The highest BCUT2D eigenvalue weighted by Gasteiger charge is 2.36. The lowest BCUT2D eigenvalue weighted by atomic mass is 9.93. The summed E-state index contributed by atoms with van der Waals surface area (Å²) in [6.07, 6.45) is -0.271. The molecule has 0 aliphatic carbocycles. The first kappa shape index (κ1) is 15.4. The highest BCUT2D eigenvalue weighted by Crippen LogP contribution is 2.26. The standard InChI is InChI=1S/C16H21NO4/c1-10-5-6-11-9-17(15(20)21-16(2,3)4)13(14(18)19)8-12(11)7-10/h5-7,13H,8-9H2,1-4H3,(H,18,19)/t13-/m0/s1. The van der Waals surface area contributed by atoms with Crippen molar-refractivity contribution in [2.45, 2.75) is 52.3 Å². The molecule has 5 heteroatoms. The maximum absolute atomic E-state index is 12.2. The molecule has 0 unspecified atom stereocenters. The predicted molar refractivity (Wildman–Crippen MR) is 78.1 cm³/mol. The van der Waals surface area contributed by atoms with Crippen LogP contribution in [0.3, 0.4) is 0 Å². The average molecular weight is 291 g/mol. The van der Waals surface area contributed by atoms with Crippen molar-refractivity contribution in [2.24, 2.45) is 0 Å². The lowest BCUT2D eigenvalue weighted by molar-refractivity contribution is -0.143. The minimum atomic E-state index is -1.01. The Hall–Kier alpha value is -2.04. The molecule has 2 rings (SSSR count). The average Bonchev–Trinajstić information content (AvgIpc) is 2.34. The molecule has 0 saturated carbocycles. The van der Waals surface area contributed by atoms with Crippen LogP contribution in [0.1, 0.15) is 37.5 Å². The van der Waals surface area contributed by atoms with E-state index in [0.717, 1.165) is 16.7 Å². The van der Waals surface area contributed by atoms with Crippen LogP contribution in [0.2, 0.25) is 0 Å². The molecule has 114 valence electrons. The number of aliphatic carboxylic acids is 1.